The number of rotatable bonds is 3. The van der Waals surface area contributed by atoms with E-state index in [1.165, 1.54) is 6.42 Å². The van der Waals surface area contributed by atoms with Gasteiger partial charge in [0.05, 0.1) is 6.54 Å². The van der Waals surface area contributed by atoms with Crippen LogP contribution in [0.25, 0.3) is 0 Å². The zero-order valence-corrected chi connectivity index (χ0v) is 14.8. The molecule has 0 radical (unpaired) electrons. The molecule has 0 aliphatic carbocycles. The summed E-state index contributed by atoms with van der Waals surface area (Å²) in [6.45, 7) is 8.55. The van der Waals surface area contributed by atoms with Gasteiger partial charge in [0.15, 0.2) is 0 Å². The van der Waals surface area contributed by atoms with Gasteiger partial charge in [-0.25, -0.2) is 0 Å². The lowest BCUT2D eigenvalue weighted by atomic mass is 9.97. The number of hydrogen-bond donors (Lipinski definition) is 1. The molecule has 1 N–H and O–H groups in total. The van der Waals surface area contributed by atoms with Crippen LogP contribution in [-0.4, -0.2) is 65.6 Å². The minimum atomic E-state index is 0.285. The van der Waals surface area contributed by atoms with Crippen LogP contribution in [0.3, 0.4) is 0 Å². The van der Waals surface area contributed by atoms with Crippen molar-refractivity contribution in [2.45, 2.75) is 45.2 Å². The van der Waals surface area contributed by atoms with E-state index in [-0.39, 0.29) is 5.91 Å². The summed E-state index contributed by atoms with van der Waals surface area (Å²) < 4.78 is 0. The normalized spacial score (nSPS) is 25.8. The molecule has 2 fully saturated rings. The number of carbonyl (C=O) groups excluding carboxylic acids is 1. The number of benzene rings is 1. The molecule has 5 heteroatoms. The zero-order chi connectivity index (χ0) is 17.1. The van der Waals surface area contributed by atoms with Gasteiger partial charge in [-0.2, -0.15) is 0 Å². The van der Waals surface area contributed by atoms with Crippen LogP contribution in [0.2, 0.25) is 0 Å². The average molecular weight is 331 g/mol. The number of anilines is 1. The van der Waals surface area contributed by atoms with Gasteiger partial charge in [-0.15, -0.1) is 0 Å². The van der Waals surface area contributed by atoms with Crippen LogP contribution >= 0.6 is 0 Å². The number of phenolic OH excluding ortho intramolecular Hbond substituents is 1. The lowest BCUT2D eigenvalue weighted by molar-refractivity contribution is -0.138. The number of likely N-dealkylation sites (tertiary alicyclic amines) is 1. The van der Waals surface area contributed by atoms with E-state index in [0.717, 1.165) is 44.7 Å². The van der Waals surface area contributed by atoms with Crippen LogP contribution in [0, 0.1) is 0 Å². The monoisotopic (exact) mass is 331 g/mol. The molecular weight excluding hydrogens is 302 g/mol. The molecule has 2 atom stereocenters. The van der Waals surface area contributed by atoms with Crippen molar-refractivity contribution in [3.05, 3.63) is 24.3 Å². The van der Waals surface area contributed by atoms with Crippen molar-refractivity contribution in [3.63, 3.8) is 0 Å². The third-order valence-electron chi connectivity index (χ3n) is 5.43. The summed E-state index contributed by atoms with van der Waals surface area (Å²) in [6, 6.07) is 8.11. The number of carbonyl (C=O) groups is 1. The molecule has 24 heavy (non-hydrogen) atoms. The topological polar surface area (TPSA) is 47.0 Å². The van der Waals surface area contributed by atoms with Gasteiger partial charge in [-0.05, 0) is 57.4 Å². The molecule has 2 aliphatic heterocycles. The van der Waals surface area contributed by atoms with Gasteiger partial charge < -0.3 is 14.9 Å². The fraction of sp³-hybridized carbons (Fsp3) is 0.632. The molecule has 1 amide bonds. The third kappa shape index (κ3) is 3.83. The third-order valence-corrected chi connectivity index (χ3v) is 5.43. The minimum absolute atomic E-state index is 0.285. The number of piperidine rings is 1. The van der Waals surface area contributed by atoms with Crippen molar-refractivity contribution >= 4 is 11.6 Å². The number of aromatic hydroxyl groups is 1. The Morgan fingerprint density at radius 1 is 1.04 bits per heavy atom. The first-order valence-corrected chi connectivity index (χ1v) is 9.12. The van der Waals surface area contributed by atoms with E-state index in [1.807, 2.05) is 12.1 Å². The molecule has 3 rings (SSSR count). The summed E-state index contributed by atoms with van der Waals surface area (Å²) in [5.41, 5.74) is 1.14. The van der Waals surface area contributed by atoms with E-state index in [4.69, 9.17) is 0 Å². The summed E-state index contributed by atoms with van der Waals surface area (Å²) in [5.74, 6) is 0.584. The van der Waals surface area contributed by atoms with E-state index >= 15 is 0 Å². The van der Waals surface area contributed by atoms with Crippen molar-refractivity contribution in [1.82, 2.24) is 9.80 Å². The van der Waals surface area contributed by atoms with E-state index in [1.54, 1.807) is 12.1 Å². The fourth-order valence-corrected chi connectivity index (χ4v) is 4.01. The highest BCUT2D eigenvalue weighted by atomic mass is 16.3. The molecule has 2 aliphatic rings. The van der Waals surface area contributed by atoms with Gasteiger partial charge >= 0.3 is 0 Å². The molecule has 1 aromatic carbocycles. The largest absolute Gasteiger partial charge is 0.508 e. The Bertz CT molecular complexity index is 542. The summed E-state index contributed by atoms with van der Waals surface area (Å²) in [5, 5.41) is 9.39. The molecule has 0 saturated carbocycles. The highest BCUT2D eigenvalue weighted by Gasteiger charge is 2.30. The van der Waals surface area contributed by atoms with Gasteiger partial charge in [0, 0.05) is 44.0 Å². The lowest BCUT2D eigenvalue weighted by Crippen LogP contribution is -2.54. The minimum Gasteiger partial charge on any atom is -0.508 e. The maximum absolute atomic E-state index is 12.7. The fourth-order valence-electron chi connectivity index (χ4n) is 4.01. The Balaban J connectivity index is 1.51. The summed E-state index contributed by atoms with van der Waals surface area (Å²) in [6.07, 6.45) is 3.49. The van der Waals surface area contributed by atoms with E-state index < -0.39 is 0 Å². The Kier molecular flexibility index (Phi) is 5.29. The number of phenols is 1. The number of amides is 1. The van der Waals surface area contributed by atoms with Crippen molar-refractivity contribution in [3.8, 4) is 5.75 Å². The lowest BCUT2D eigenvalue weighted by Gasteiger charge is -2.41. The van der Waals surface area contributed by atoms with Crippen LogP contribution in [0.4, 0.5) is 5.69 Å². The molecule has 2 saturated heterocycles. The highest BCUT2D eigenvalue weighted by molar-refractivity contribution is 5.79. The van der Waals surface area contributed by atoms with Gasteiger partial charge in [0.1, 0.15) is 5.75 Å². The SMILES string of the molecule is CC1CCCC(C)N1C(=O)CN1CCN(c2ccc(O)cc2)CC1. The average Bonchev–Trinajstić information content (AvgIpc) is 2.56. The van der Waals surface area contributed by atoms with Crippen molar-refractivity contribution in [2.75, 3.05) is 37.6 Å². The van der Waals surface area contributed by atoms with Gasteiger partial charge in [-0.1, -0.05) is 0 Å². The maximum Gasteiger partial charge on any atom is 0.237 e. The van der Waals surface area contributed by atoms with E-state index in [0.29, 0.717) is 24.4 Å². The quantitative estimate of drug-likeness (QED) is 0.923. The predicted molar refractivity (Wildman–Crippen MR) is 96.4 cm³/mol. The molecule has 2 unspecified atom stereocenters. The first-order chi connectivity index (χ1) is 11.5. The summed E-state index contributed by atoms with van der Waals surface area (Å²) in [7, 11) is 0. The molecule has 0 spiro atoms. The standard InChI is InChI=1S/C19H29N3O2/c1-15-4-3-5-16(2)22(15)19(24)14-20-10-12-21(13-11-20)17-6-8-18(23)9-7-17/h6-9,15-16,23H,3-5,10-14H2,1-2H3. The molecule has 1 aromatic rings. The van der Waals surface area contributed by atoms with Crippen molar-refractivity contribution in [1.29, 1.82) is 0 Å². The highest BCUT2D eigenvalue weighted by Crippen LogP contribution is 2.23. The van der Waals surface area contributed by atoms with Crippen molar-refractivity contribution < 1.29 is 9.90 Å². The van der Waals surface area contributed by atoms with Gasteiger partial charge in [0.2, 0.25) is 5.91 Å². The Hall–Kier alpha value is -1.75. The number of nitrogens with zero attached hydrogens (tertiary/aromatic N) is 3. The summed E-state index contributed by atoms with van der Waals surface area (Å²) >= 11 is 0. The maximum atomic E-state index is 12.7. The van der Waals surface area contributed by atoms with Gasteiger partial charge in [0.25, 0.3) is 0 Å². The second-order valence-electron chi connectivity index (χ2n) is 7.21. The van der Waals surface area contributed by atoms with Crippen LogP contribution in [0.5, 0.6) is 5.75 Å². The van der Waals surface area contributed by atoms with Crippen LogP contribution < -0.4 is 4.90 Å². The van der Waals surface area contributed by atoms with E-state index in [2.05, 4.69) is 28.5 Å². The van der Waals surface area contributed by atoms with Crippen LogP contribution in [0.1, 0.15) is 33.1 Å². The smallest absolute Gasteiger partial charge is 0.237 e. The Morgan fingerprint density at radius 2 is 1.62 bits per heavy atom. The van der Waals surface area contributed by atoms with E-state index in [9.17, 15) is 9.90 Å². The molecular formula is C19H29N3O2. The Morgan fingerprint density at radius 3 is 2.21 bits per heavy atom. The van der Waals surface area contributed by atoms with Crippen molar-refractivity contribution in [2.24, 2.45) is 0 Å². The molecule has 132 valence electrons. The van der Waals surface area contributed by atoms with Crippen LogP contribution in [-0.2, 0) is 4.79 Å². The van der Waals surface area contributed by atoms with Gasteiger partial charge in [-0.3, -0.25) is 9.69 Å². The first kappa shape index (κ1) is 17.1. The molecule has 0 aromatic heterocycles. The van der Waals surface area contributed by atoms with Crippen LogP contribution in [0.15, 0.2) is 24.3 Å². The number of hydrogen-bond acceptors (Lipinski definition) is 4. The second-order valence-corrected chi connectivity index (χ2v) is 7.21. The first-order valence-electron chi connectivity index (χ1n) is 9.12. The number of piperazine rings is 1. The predicted octanol–water partition coefficient (Wildman–Crippen LogP) is 2.30. The Labute approximate surface area is 144 Å². The summed E-state index contributed by atoms with van der Waals surface area (Å²) in [4.78, 5) is 19.4. The zero-order valence-electron chi connectivity index (χ0n) is 14.8. The second kappa shape index (κ2) is 7.43. The molecule has 2 heterocycles. The molecule has 0 bridgehead atoms. The molecule has 5 nitrogen and oxygen atoms in total.